The average molecular weight is 222 g/mol. The Morgan fingerprint density at radius 1 is 1.50 bits per heavy atom. The Labute approximate surface area is 95.6 Å². The molecule has 0 atom stereocenters. The van der Waals surface area contributed by atoms with Crippen LogP contribution in [0.2, 0.25) is 0 Å². The number of hydrogen-bond donors (Lipinski definition) is 1. The zero-order valence-corrected chi connectivity index (χ0v) is 9.81. The Balaban J connectivity index is 2.25. The number of rotatable bonds is 5. The first-order valence-electron chi connectivity index (χ1n) is 5.69. The Kier molecular flexibility index (Phi) is 3.12. The molecule has 5 heteroatoms. The standard InChI is InChI=1S/C11H18N4O/c1-3-6-15(8-4-5-8)9-7-10(16-2)14-11(12)13-9/h7-8H,3-6H2,1-2H3,(H2,12,13,14). The topological polar surface area (TPSA) is 64.3 Å². The van der Waals surface area contributed by atoms with E-state index < -0.39 is 0 Å². The molecule has 1 heterocycles. The van der Waals surface area contributed by atoms with Gasteiger partial charge < -0.3 is 15.4 Å². The van der Waals surface area contributed by atoms with Crippen molar-refractivity contribution in [2.24, 2.45) is 0 Å². The molecule has 0 amide bonds. The van der Waals surface area contributed by atoms with Gasteiger partial charge in [-0.1, -0.05) is 6.92 Å². The van der Waals surface area contributed by atoms with Crippen molar-refractivity contribution >= 4 is 11.8 Å². The summed E-state index contributed by atoms with van der Waals surface area (Å²) in [4.78, 5) is 10.6. The highest BCUT2D eigenvalue weighted by atomic mass is 16.5. The molecule has 0 bridgehead atoms. The van der Waals surface area contributed by atoms with Crippen LogP contribution in [0.4, 0.5) is 11.8 Å². The molecule has 1 fully saturated rings. The van der Waals surface area contributed by atoms with Crippen LogP contribution in [0.15, 0.2) is 6.07 Å². The average Bonchev–Trinajstić information content (AvgIpc) is 3.08. The number of methoxy groups -OCH3 is 1. The lowest BCUT2D eigenvalue weighted by atomic mass is 10.3. The fraction of sp³-hybridized carbons (Fsp3) is 0.636. The first-order valence-corrected chi connectivity index (χ1v) is 5.69. The van der Waals surface area contributed by atoms with E-state index in [1.54, 1.807) is 7.11 Å². The second-order valence-electron chi connectivity index (χ2n) is 4.05. The van der Waals surface area contributed by atoms with Crippen LogP contribution in [-0.2, 0) is 0 Å². The molecule has 1 aliphatic carbocycles. The zero-order chi connectivity index (χ0) is 11.5. The van der Waals surface area contributed by atoms with Crippen molar-refractivity contribution in [3.63, 3.8) is 0 Å². The van der Waals surface area contributed by atoms with E-state index in [9.17, 15) is 0 Å². The van der Waals surface area contributed by atoms with E-state index in [-0.39, 0.29) is 5.95 Å². The molecule has 88 valence electrons. The van der Waals surface area contributed by atoms with Gasteiger partial charge in [0.15, 0.2) is 0 Å². The Hall–Kier alpha value is -1.52. The van der Waals surface area contributed by atoms with Gasteiger partial charge in [-0.25, -0.2) is 0 Å². The Morgan fingerprint density at radius 3 is 2.81 bits per heavy atom. The van der Waals surface area contributed by atoms with E-state index >= 15 is 0 Å². The molecule has 0 aliphatic heterocycles. The summed E-state index contributed by atoms with van der Waals surface area (Å²) < 4.78 is 5.11. The van der Waals surface area contributed by atoms with Gasteiger partial charge in [-0.15, -0.1) is 0 Å². The van der Waals surface area contributed by atoms with Gasteiger partial charge in [-0.3, -0.25) is 0 Å². The van der Waals surface area contributed by atoms with Gasteiger partial charge in [0.05, 0.1) is 7.11 Å². The molecule has 2 rings (SSSR count). The van der Waals surface area contributed by atoms with Crippen molar-refractivity contribution in [1.82, 2.24) is 9.97 Å². The molecule has 1 aromatic rings. The van der Waals surface area contributed by atoms with Crippen molar-refractivity contribution in [3.8, 4) is 5.88 Å². The van der Waals surface area contributed by atoms with Crippen molar-refractivity contribution in [1.29, 1.82) is 0 Å². The van der Waals surface area contributed by atoms with E-state index in [1.807, 2.05) is 6.07 Å². The van der Waals surface area contributed by atoms with Crippen molar-refractivity contribution in [3.05, 3.63) is 6.07 Å². The molecule has 0 spiro atoms. The highest BCUT2D eigenvalue weighted by Crippen LogP contribution is 2.32. The maximum absolute atomic E-state index is 5.66. The summed E-state index contributed by atoms with van der Waals surface area (Å²) in [6.07, 6.45) is 3.58. The quantitative estimate of drug-likeness (QED) is 0.816. The highest BCUT2D eigenvalue weighted by molar-refractivity contribution is 5.47. The van der Waals surface area contributed by atoms with Crippen LogP contribution in [-0.4, -0.2) is 29.7 Å². The van der Waals surface area contributed by atoms with Crippen LogP contribution >= 0.6 is 0 Å². The number of nitrogen functional groups attached to an aromatic ring is 1. The van der Waals surface area contributed by atoms with E-state index in [1.165, 1.54) is 12.8 Å². The molecule has 0 saturated heterocycles. The number of aromatic nitrogens is 2. The van der Waals surface area contributed by atoms with E-state index in [0.717, 1.165) is 18.8 Å². The van der Waals surface area contributed by atoms with E-state index in [0.29, 0.717) is 11.9 Å². The number of anilines is 2. The number of ether oxygens (including phenoxy) is 1. The predicted octanol–water partition coefficient (Wildman–Crippen LogP) is 1.45. The van der Waals surface area contributed by atoms with Crippen LogP contribution < -0.4 is 15.4 Å². The van der Waals surface area contributed by atoms with Crippen LogP contribution in [0.3, 0.4) is 0 Å². The van der Waals surface area contributed by atoms with Gasteiger partial charge in [0.25, 0.3) is 0 Å². The molecular formula is C11H18N4O. The highest BCUT2D eigenvalue weighted by Gasteiger charge is 2.29. The number of nitrogens with two attached hydrogens (primary N) is 1. The molecule has 0 aromatic carbocycles. The van der Waals surface area contributed by atoms with Crippen LogP contribution in [0.5, 0.6) is 5.88 Å². The Morgan fingerprint density at radius 2 is 2.25 bits per heavy atom. The first kappa shape index (κ1) is 11.0. The van der Waals surface area contributed by atoms with Crippen LogP contribution in [0, 0.1) is 0 Å². The Bertz CT molecular complexity index is 365. The van der Waals surface area contributed by atoms with Crippen molar-refractivity contribution < 1.29 is 4.74 Å². The third-order valence-electron chi connectivity index (χ3n) is 2.66. The lowest BCUT2D eigenvalue weighted by Crippen LogP contribution is -2.27. The normalized spacial score (nSPS) is 14.9. The molecular weight excluding hydrogens is 204 g/mol. The lowest BCUT2D eigenvalue weighted by molar-refractivity contribution is 0.397. The number of nitrogens with zero attached hydrogens (tertiary/aromatic N) is 3. The smallest absolute Gasteiger partial charge is 0.225 e. The molecule has 1 aromatic heterocycles. The summed E-state index contributed by atoms with van der Waals surface area (Å²) in [5.74, 6) is 1.69. The SMILES string of the molecule is CCCN(c1cc(OC)nc(N)n1)C1CC1. The molecule has 0 unspecified atom stereocenters. The lowest BCUT2D eigenvalue weighted by Gasteiger charge is -2.23. The van der Waals surface area contributed by atoms with E-state index in [4.69, 9.17) is 10.5 Å². The summed E-state index contributed by atoms with van der Waals surface area (Å²) in [7, 11) is 1.59. The minimum absolute atomic E-state index is 0.274. The number of hydrogen-bond acceptors (Lipinski definition) is 5. The van der Waals surface area contributed by atoms with Gasteiger partial charge in [0, 0.05) is 18.7 Å². The second kappa shape index (κ2) is 4.55. The maximum atomic E-state index is 5.66. The molecule has 0 radical (unpaired) electrons. The zero-order valence-electron chi connectivity index (χ0n) is 9.81. The summed E-state index contributed by atoms with van der Waals surface area (Å²) in [5, 5.41) is 0. The third-order valence-corrected chi connectivity index (χ3v) is 2.66. The monoisotopic (exact) mass is 222 g/mol. The second-order valence-corrected chi connectivity index (χ2v) is 4.05. The van der Waals surface area contributed by atoms with Gasteiger partial charge in [-0.05, 0) is 19.3 Å². The summed E-state index contributed by atoms with van der Waals surface area (Å²) in [6, 6.07) is 2.48. The van der Waals surface area contributed by atoms with Crippen LogP contribution in [0.1, 0.15) is 26.2 Å². The maximum Gasteiger partial charge on any atom is 0.225 e. The minimum atomic E-state index is 0.274. The van der Waals surface area contributed by atoms with Gasteiger partial charge >= 0.3 is 0 Å². The third kappa shape index (κ3) is 2.35. The van der Waals surface area contributed by atoms with Gasteiger partial charge in [-0.2, -0.15) is 9.97 Å². The summed E-state index contributed by atoms with van der Waals surface area (Å²) in [6.45, 7) is 3.17. The van der Waals surface area contributed by atoms with Gasteiger partial charge in [0.2, 0.25) is 11.8 Å². The molecule has 2 N–H and O–H groups in total. The molecule has 5 nitrogen and oxygen atoms in total. The van der Waals surface area contributed by atoms with Crippen LogP contribution in [0.25, 0.3) is 0 Å². The van der Waals surface area contributed by atoms with Crippen molar-refractivity contribution in [2.45, 2.75) is 32.2 Å². The molecule has 1 saturated carbocycles. The van der Waals surface area contributed by atoms with E-state index in [2.05, 4.69) is 21.8 Å². The van der Waals surface area contributed by atoms with Gasteiger partial charge in [0.1, 0.15) is 5.82 Å². The fourth-order valence-electron chi connectivity index (χ4n) is 1.79. The summed E-state index contributed by atoms with van der Waals surface area (Å²) in [5.41, 5.74) is 5.66. The molecule has 16 heavy (non-hydrogen) atoms. The minimum Gasteiger partial charge on any atom is -0.481 e. The summed E-state index contributed by atoms with van der Waals surface area (Å²) >= 11 is 0. The van der Waals surface area contributed by atoms with Crippen molar-refractivity contribution in [2.75, 3.05) is 24.3 Å². The largest absolute Gasteiger partial charge is 0.481 e. The first-order chi connectivity index (χ1) is 7.74. The predicted molar refractivity (Wildman–Crippen MR) is 63.7 cm³/mol. The fourth-order valence-corrected chi connectivity index (χ4v) is 1.79. The molecule has 1 aliphatic rings.